The molecule has 2 atom stereocenters. The van der Waals surface area contributed by atoms with E-state index in [2.05, 4.69) is 12.2 Å². The fourth-order valence-corrected chi connectivity index (χ4v) is 2.19. The first-order chi connectivity index (χ1) is 6.83. The smallest absolute Gasteiger partial charge is 0.0679 e. The molecule has 2 N–H and O–H groups in total. The molecule has 1 aliphatic rings. The maximum absolute atomic E-state index is 9.31. The molecule has 0 aliphatic carbocycles. The highest BCUT2D eigenvalue weighted by atomic mass is 16.3. The standard InChI is InChI=1S/C12H25NO/c1-2-3-4-5-6-7-8-11-9-12(14)10-13-11/h11-14H,2-10H2,1H3. The van der Waals surface area contributed by atoms with Crippen molar-refractivity contribution in [1.82, 2.24) is 5.32 Å². The SMILES string of the molecule is CCCCCCCCC1CC(O)CN1. The molecular formula is C12H25NO. The Labute approximate surface area is 88.1 Å². The van der Waals surface area contributed by atoms with Gasteiger partial charge in [-0.15, -0.1) is 0 Å². The van der Waals surface area contributed by atoms with Crippen molar-refractivity contribution in [2.75, 3.05) is 6.54 Å². The van der Waals surface area contributed by atoms with Gasteiger partial charge in [-0.1, -0.05) is 45.4 Å². The number of aliphatic hydroxyl groups is 1. The first-order valence-corrected chi connectivity index (χ1v) is 6.24. The maximum Gasteiger partial charge on any atom is 0.0679 e. The second-order valence-electron chi connectivity index (χ2n) is 4.55. The summed E-state index contributed by atoms with van der Waals surface area (Å²) in [7, 11) is 0. The molecule has 0 amide bonds. The topological polar surface area (TPSA) is 32.3 Å². The van der Waals surface area contributed by atoms with Crippen molar-refractivity contribution in [2.24, 2.45) is 0 Å². The second-order valence-corrected chi connectivity index (χ2v) is 4.55. The van der Waals surface area contributed by atoms with Crippen LogP contribution in [0.2, 0.25) is 0 Å². The van der Waals surface area contributed by atoms with Crippen LogP contribution in [0.5, 0.6) is 0 Å². The van der Waals surface area contributed by atoms with E-state index in [1.54, 1.807) is 0 Å². The van der Waals surface area contributed by atoms with E-state index < -0.39 is 0 Å². The molecular weight excluding hydrogens is 174 g/mol. The fraction of sp³-hybridized carbons (Fsp3) is 1.00. The van der Waals surface area contributed by atoms with Crippen molar-refractivity contribution < 1.29 is 5.11 Å². The lowest BCUT2D eigenvalue weighted by molar-refractivity contribution is 0.192. The van der Waals surface area contributed by atoms with Crippen LogP contribution in [0.1, 0.15) is 58.3 Å². The molecule has 1 rings (SSSR count). The van der Waals surface area contributed by atoms with Crippen LogP contribution < -0.4 is 5.32 Å². The van der Waals surface area contributed by atoms with Gasteiger partial charge in [-0.25, -0.2) is 0 Å². The Morgan fingerprint density at radius 1 is 1.14 bits per heavy atom. The Morgan fingerprint density at radius 3 is 2.50 bits per heavy atom. The summed E-state index contributed by atoms with van der Waals surface area (Å²) in [5, 5.41) is 12.7. The second kappa shape index (κ2) is 7.24. The zero-order valence-electron chi connectivity index (χ0n) is 9.47. The van der Waals surface area contributed by atoms with Crippen LogP contribution in [0.25, 0.3) is 0 Å². The molecule has 1 aliphatic heterocycles. The minimum Gasteiger partial charge on any atom is -0.392 e. The normalized spacial score (nSPS) is 27.0. The molecule has 2 nitrogen and oxygen atoms in total. The molecule has 0 radical (unpaired) electrons. The average molecular weight is 199 g/mol. The molecule has 84 valence electrons. The van der Waals surface area contributed by atoms with Crippen LogP contribution in [0.15, 0.2) is 0 Å². The summed E-state index contributed by atoms with van der Waals surface area (Å²) in [4.78, 5) is 0. The molecule has 0 bridgehead atoms. The van der Waals surface area contributed by atoms with E-state index in [1.807, 2.05) is 0 Å². The third-order valence-corrected chi connectivity index (χ3v) is 3.10. The summed E-state index contributed by atoms with van der Waals surface area (Å²) >= 11 is 0. The van der Waals surface area contributed by atoms with Crippen molar-refractivity contribution in [1.29, 1.82) is 0 Å². The third kappa shape index (κ3) is 4.97. The molecule has 1 heterocycles. The molecule has 14 heavy (non-hydrogen) atoms. The summed E-state index contributed by atoms with van der Waals surface area (Å²) < 4.78 is 0. The van der Waals surface area contributed by atoms with Crippen LogP contribution in [-0.2, 0) is 0 Å². The molecule has 2 unspecified atom stereocenters. The Morgan fingerprint density at radius 2 is 1.86 bits per heavy atom. The molecule has 0 aromatic carbocycles. The summed E-state index contributed by atoms with van der Waals surface area (Å²) in [5.74, 6) is 0. The lowest BCUT2D eigenvalue weighted by Gasteiger charge is -2.08. The minimum absolute atomic E-state index is 0.0832. The summed E-state index contributed by atoms with van der Waals surface area (Å²) in [6.45, 7) is 3.06. The van der Waals surface area contributed by atoms with Gasteiger partial charge in [-0.05, 0) is 12.8 Å². The molecule has 1 fully saturated rings. The fourth-order valence-electron chi connectivity index (χ4n) is 2.19. The number of unbranched alkanes of at least 4 members (excludes halogenated alkanes) is 5. The van der Waals surface area contributed by atoms with Gasteiger partial charge in [0.1, 0.15) is 0 Å². The third-order valence-electron chi connectivity index (χ3n) is 3.10. The highest BCUT2D eigenvalue weighted by molar-refractivity contribution is 4.80. The molecule has 2 heteroatoms. The van der Waals surface area contributed by atoms with Gasteiger partial charge in [-0.3, -0.25) is 0 Å². The van der Waals surface area contributed by atoms with Gasteiger partial charge < -0.3 is 10.4 Å². The first kappa shape index (κ1) is 12.0. The van der Waals surface area contributed by atoms with Gasteiger partial charge in [0.15, 0.2) is 0 Å². The van der Waals surface area contributed by atoms with Crippen molar-refractivity contribution in [3.8, 4) is 0 Å². The highest BCUT2D eigenvalue weighted by Gasteiger charge is 2.20. The zero-order chi connectivity index (χ0) is 10.2. The quantitative estimate of drug-likeness (QED) is 0.617. The minimum atomic E-state index is -0.0832. The average Bonchev–Trinajstić information content (AvgIpc) is 2.58. The number of hydrogen-bond donors (Lipinski definition) is 2. The van der Waals surface area contributed by atoms with E-state index >= 15 is 0 Å². The number of aliphatic hydroxyl groups excluding tert-OH is 1. The van der Waals surface area contributed by atoms with E-state index in [9.17, 15) is 5.11 Å². The Bertz CT molecular complexity index is 138. The van der Waals surface area contributed by atoms with E-state index in [0.717, 1.165) is 13.0 Å². The molecule has 0 saturated carbocycles. The summed E-state index contributed by atoms with van der Waals surface area (Å²) in [6.07, 6.45) is 10.3. The van der Waals surface area contributed by atoms with Crippen molar-refractivity contribution >= 4 is 0 Å². The lowest BCUT2D eigenvalue weighted by Crippen LogP contribution is -2.21. The van der Waals surface area contributed by atoms with Gasteiger partial charge in [0, 0.05) is 12.6 Å². The predicted octanol–water partition coefficient (Wildman–Crippen LogP) is 2.46. The maximum atomic E-state index is 9.31. The number of nitrogens with one attached hydrogen (secondary N) is 1. The Balaban J connectivity index is 1.84. The molecule has 0 aromatic rings. The highest BCUT2D eigenvalue weighted by Crippen LogP contribution is 2.14. The van der Waals surface area contributed by atoms with E-state index in [-0.39, 0.29) is 6.10 Å². The van der Waals surface area contributed by atoms with Crippen molar-refractivity contribution in [3.63, 3.8) is 0 Å². The van der Waals surface area contributed by atoms with Gasteiger partial charge in [0.05, 0.1) is 6.10 Å². The Hall–Kier alpha value is -0.0800. The lowest BCUT2D eigenvalue weighted by atomic mass is 10.0. The van der Waals surface area contributed by atoms with Crippen LogP contribution in [0.4, 0.5) is 0 Å². The van der Waals surface area contributed by atoms with Crippen molar-refractivity contribution in [3.05, 3.63) is 0 Å². The summed E-state index contributed by atoms with van der Waals surface area (Å²) in [6, 6.07) is 0.594. The molecule has 0 spiro atoms. The number of hydrogen-bond acceptors (Lipinski definition) is 2. The van der Waals surface area contributed by atoms with Gasteiger partial charge in [-0.2, -0.15) is 0 Å². The van der Waals surface area contributed by atoms with E-state index in [1.165, 1.54) is 44.9 Å². The van der Waals surface area contributed by atoms with E-state index in [0.29, 0.717) is 6.04 Å². The zero-order valence-corrected chi connectivity index (χ0v) is 9.47. The Kier molecular flexibility index (Phi) is 6.20. The van der Waals surface area contributed by atoms with Gasteiger partial charge in [0.25, 0.3) is 0 Å². The van der Waals surface area contributed by atoms with Crippen LogP contribution in [0.3, 0.4) is 0 Å². The number of β-amino-alcohol motifs (C(OH)–C–C–N with tert-alkyl or cyclic N) is 1. The monoisotopic (exact) mass is 199 g/mol. The van der Waals surface area contributed by atoms with Crippen LogP contribution >= 0.6 is 0 Å². The molecule has 1 saturated heterocycles. The first-order valence-electron chi connectivity index (χ1n) is 6.24. The summed E-state index contributed by atoms with van der Waals surface area (Å²) in [5.41, 5.74) is 0. The van der Waals surface area contributed by atoms with E-state index in [4.69, 9.17) is 0 Å². The van der Waals surface area contributed by atoms with Crippen molar-refractivity contribution in [2.45, 2.75) is 70.4 Å². The van der Waals surface area contributed by atoms with Gasteiger partial charge >= 0.3 is 0 Å². The largest absolute Gasteiger partial charge is 0.392 e. The number of rotatable bonds is 7. The van der Waals surface area contributed by atoms with Gasteiger partial charge in [0.2, 0.25) is 0 Å². The molecule has 0 aromatic heterocycles. The predicted molar refractivity (Wildman–Crippen MR) is 60.4 cm³/mol. The van der Waals surface area contributed by atoms with Crippen LogP contribution in [0, 0.1) is 0 Å². The van der Waals surface area contributed by atoms with Crippen LogP contribution in [-0.4, -0.2) is 23.8 Å².